The molecule has 2 nitrogen and oxygen atoms in total. The zero-order valence-corrected chi connectivity index (χ0v) is 8.77. The van der Waals surface area contributed by atoms with E-state index in [1.807, 2.05) is 0 Å². The van der Waals surface area contributed by atoms with Gasteiger partial charge in [-0.3, -0.25) is 9.78 Å². The van der Waals surface area contributed by atoms with Crippen LogP contribution in [0.15, 0.2) is 42.7 Å². The highest BCUT2D eigenvalue weighted by molar-refractivity contribution is 6.09. The average molecular weight is 215 g/mol. The lowest BCUT2D eigenvalue weighted by atomic mass is 10.0. The van der Waals surface area contributed by atoms with Gasteiger partial charge in [0.05, 0.1) is 0 Å². The highest BCUT2D eigenvalue weighted by Gasteiger charge is 2.11. The molecular formula is C13H10FNO. The van der Waals surface area contributed by atoms with Crippen LogP contribution in [0.2, 0.25) is 0 Å². The van der Waals surface area contributed by atoms with Crippen molar-refractivity contribution in [2.24, 2.45) is 0 Å². The van der Waals surface area contributed by atoms with E-state index < -0.39 is 5.82 Å². The summed E-state index contributed by atoms with van der Waals surface area (Å²) in [5, 5.41) is 0. The minimum atomic E-state index is -0.405. The number of aryl methyl sites for hydroxylation is 1. The molecule has 0 unspecified atom stereocenters. The fraction of sp³-hybridized carbons (Fsp3) is 0.0769. The summed E-state index contributed by atoms with van der Waals surface area (Å²) in [4.78, 5) is 15.9. The Morgan fingerprint density at radius 3 is 2.81 bits per heavy atom. The normalized spacial score (nSPS) is 10.1. The highest BCUT2D eigenvalue weighted by Crippen LogP contribution is 2.13. The molecule has 0 N–H and O–H groups in total. The van der Waals surface area contributed by atoms with Gasteiger partial charge in [0, 0.05) is 23.5 Å². The second kappa shape index (κ2) is 4.23. The molecule has 0 aliphatic heterocycles. The minimum absolute atomic E-state index is 0.181. The fourth-order valence-electron chi connectivity index (χ4n) is 1.51. The minimum Gasteiger partial charge on any atom is -0.289 e. The number of pyridine rings is 1. The van der Waals surface area contributed by atoms with Gasteiger partial charge in [-0.2, -0.15) is 0 Å². The first-order valence-electron chi connectivity index (χ1n) is 4.89. The van der Waals surface area contributed by atoms with E-state index >= 15 is 0 Å². The SMILES string of the molecule is Cc1cnccc1C(=O)c1cccc(F)c1. The van der Waals surface area contributed by atoms with E-state index in [0.717, 1.165) is 5.56 Å². The standard InChI is InChI=1S/C13H10FNO/c1-9-8-15-6-5-12(9)13(16)10-3-2-4-11(14)7-10/h2-8H,1H3. The summed E-state index contributed by atoms with van der Waals surface area (Å²) in [6.07, 6.45) is 3.17. The number of halogens is 1. The molecule has 0 aliphatic rings. The molecule has 0 saturated heterocycles. The largest absolute Gasteiger partial charge is 0.289 e. The second-order valence-corrected chi connectivity index (χ2v) is 3.53. The summed E-state index contributed by atoms with van der Waals surface area (Å²) in [6, 6.07) is 7.32. The monoisotopic (exact) mass is 215 g/mol. The van der Waals surface area contributed by atoms with Crippen LogP contribution in [-0.4, -0.2) is 10.8 Å². The first kappa shape index (κ1) is 10.5. The molecule has 0 radical (unpaired) electrons. The zero-order valence-electron chi connectivity index (χ0n) is 8.77. The van der Waals surface area contributed by atoms with Crippen molar-refractivity contribution >= 4 is 5.78 Å². The molecule has 0 amide bonds. The number of benzene rings is 1. The fourth-order valence-corrected chi connectivity index (χ4v) is 1.51. The van der Waals surface area contributed by atoms with Crippen LogP contribution < -0.4 is 0 Å². The Bertz CT molecular complexity index is 537. The van der Waals surface area contributed by atoms with E-state index in [4.69, 9.17) is 0 Å². The molecular weight excluding hydrogens is 205 g/mol. The van der Waals surface area contributed by atoms with Crippen molar-refractivity contribution in [1.82, 2.24) is 4.98 Å². The van der Waals surface area contributed by atoms with Crippen molar-refractivity contribution < 1.29 is 9.18 Å². The molecule has 0 saturated carbocycles. The third-order valence-corrected chi connectivity index (χ3v) is 2.35. The van der Waals surface area contributed by atoms with E-state index in [2.05, 4.69) is 4.98 Å². The summed E-state index contributed by atoms with van der Waals surface area (Å²) in [5.41, 5.74) is 1.70. The Morgan fingerprint density at radius 1 is 1.31 bits per heavy atom. The molecule has 0 fully saturated rings. The lowest BCUT2D eigenvalue weighted by molar-refractivity contribution is 0.103. The van der Waals surface area contributed by atoms with E-state index in [0.29, 0.717) is 11.1 Å². The Kier molecular flexibility index (Phi) is 2.77. The van der Waals surface area contributed by atoms with Crippen molar-refractivity contribution in [3.8, 4) is 0 Å². The summed E-state index contributed by atoms with van der Waals surface area (Å²) in [6.45, 7) is 1.81. The van der Waals surface area contributed by atoms with Crippen molar-refractivity contribution in [2.75, 3.05) is 0 Å². The van der Waals surface area contributed by atoms with Crippen LogP contribution >= 0.6 is 0 Å². The predicted octanol–water partition coefficient (Wildman–Crippen LogP) is 2.76. The van der Waals surface area contributed by atoms with Gasteiger partial charge in [-0.25, -0.2) is 4.39 Å². The number of carbonyl (C=O) groups excluding carboxylic acids is 1. The van der Waals surface area contributed by atoms with Crippen LogP contribution in [-0.2, 0) is 0 Å². The van der Waals surface area contributed by atoms with Crippen molar-refractivity contribution in [3.05, 3.63) is 65.2 Å². The molecule has 1 aromatic carbocycles. The Balaban J connectivity index is 2.44. The maximum Gasteiger partial charge on any atom is 0.193 e. The van der Waals surface area contributed by atoms with Gasteiger partial charge in [0.25, 0.3) is 0 Å². The Morgan fingerprint density at radius 2 is 2.12 bits per heavy atom. The van der Waals surface area contributed by atoms with Gasteiger partial charge in [0.15, 0.2) is 5.78 Å². The molecule has 80 valence electrons. The number of hydrogen-bond acceptors (Lipinski definition) is 2. The first-order valence-corrected chi connectivity index (χ1v) is 4.89. The second-order valence-electron chi connectivity index (χ2n) is 3.53. The number of carbonyl (C=O) groups is 1. The van der Waals surface area contributed by atoms with Crippen molar-refractivity contribution in [2.45, 2.75) is 6.92 Å². The number of hydrogen-bond donors (Lipinski definition) is 0. The van der Waals surface area contributed by atoms with Gasteiger partial charge in [-0.05, 0) is 30.7 Å². The quantitative estimate of drug-likeness (QED) is 0.721. The number of ketones is 1. The van der Waals surface area contributed by atoms with Gasteiger partial charge in [0.2, 0.25) is 0 Å². The average Bonchev–Trinajstić information content (AvgIpc) is 2.29. The molecule has 0 bridgehead atoms. The number of aromatic nitrogens is 1. The van der Waals surface area contributed by atoms with E-state index in [9.17, 15) is 9.18 Å². The van der Waals surface area contributed by atoms with Crippen LogP contribution in [0.1, 0.15) is 21.5 Å². The molecule has 1 heterocycles. The molecule has 2 aromatic rings. The first-order chi connectivity index (χ1) is 7.68. The van der Waals surface area contributed by atoms with Crippen LogP contribution in [0.5, 0.6) is 0 Å². The van der Waals surface area contributed by atoms with Gasteiger partial charge < -0.3 is 0 Å². The van der Waals surface area contributed by atoms with Gasteiger partial charge in [0.1, 0.15) is 5.82 Å². The van der Waals surface area contributed by atoms with Crippen LogP contribution in [0.25, 0.3) is 0 Å². The van der Waals surface area contributed by atoms with Gasteiger partial charge in [-0.1, -0.05) is 12.1 Å². The van der Waals surface area contributed by atoms with E-state index in [-0.39, 0.29) is 5.78 Å². The molecule has 0 aliphatic carbocycles. The van der Waals surface area contributed by atoms with Crippen molar-refractivity contribution in [1.29, 1.82) is 0 Å². The lowest BCUT2D eigenvalue weighted by Gasteiger charge is -2.03. The third kappa shape index (κ3) is 1.98. The topological polar surface area (TPSA) is 30.0 Å². The molecule has 3 heteroatoms. The number of rotatable bonds is 2. The maximum atomic E-state index is 13.0. The summed E-state index contributed by atoms with van der Waals surface area (Å²) in [7, 11) is 0. The molecule has 2 rings (SSSR count). The number of nitrogens with zero attached hydrogens (tertiary/aromatic N) is 1. The molecule has 16 heavy (non-hydrogen) atoms. The highest BCUT2D eigenvalue weighted by atomic mass is 19.1. The summed E-state index contributed by atoms with van der Waals surface area (Å²) < 4.78 is 13.0. The Hall–Kier alpha value is -2.03. The van der Waals surface area contributed by atoms with Gasteiger partial charge >= 0.3 is 0 Å². The molecule has 0 atom stereocenters. The van der Waals surface area contributed by atoms with E-state index in [1.54, 1.807) is 31.5 Å². The summed E-state index contributed by atoms with van der Waals surface area (Å²) >= 11 is 0. The zero-order chi connectivity index (χ0) is 11.5. The van der Waals surface area contributed by atoms with Crippen LogP contribution in [0.3, 0.4) is 0 Å². The third-order valence-electron chi connectivity index (χ3n) is 2.35. The van der Waals surface area contributed by atoms with Crippen molar-refractivity contribution in [3.63, 3.8) is 0 Å². The van der Waals surface area contributed by atoms with E-state index in [1.165, 1.54) is 18.2 Å². The smallest absolute Gasteiger partial charge is 0.193 e. The molecule has 0 spiro atoms. The predicted molar refractivity (Wildman–Crippen MR) is 58.8 cm³/mol. The van der Waals surface area contributed by atoms with Gasteiger partial charge in [-0.15, -0.1) is 0 Å². The van der Waals surface area contributed by atoms with Crippen LogP contribution in [0, 0.1) is 12.7 Å². The lowest BCUT2D eigenvalue weighted by Crippen LogP contribution is -2.04. The molecule has 1 aromatic heterocycles. The Labute approximate surface area is 92.8 Å². The van der Waals surface area contributed by atoms with Crippen LogP contribution in [0.4, 0.5) is 4.39 Å². The summed E-state index contributed by atoms with van der Waals surface area (Å²) in [5.74, 6) is -0.586. The maximum absolute atomic E-state index is 13.0.